The first-order chi connectivity index (χ1) is 14.7. The highest BCUT2D eigenvalue weighted by Crippen LogP contribution is 2.36. The molecule has 1 heterocycles. The molecule has 3 aromatic carbocycles. The monoisotopic (exact) mass is 423 g/mol. The number of benzene rings is 3. The van der Waals surface area contributed by atoms with E-state index in [2.05, 4.69) is 5.10 Å². The number of alkyl halides is 3. The topological polar surface area (TPSA) is 61.0 Å². The van der Waals surface area contributed by atoms with Crippen LogP contribution in [-0.2, 0) is 6.18 Å². The summed E-state index contributed by atoms with van der Waals surface area (Å²) in [6.45, 7) is 1.96. The van der Waals surface area contributed by atoms with E-state index in [9.17, 15) is 23.3 Å². The molecule has 0 amide bonds. The molecule has 0 atom stereocenters. The second-order valence-corrected chi connectivity index (χ2v) is 7.03. The van der Waals surface area contributed by atoms with Crippen molar-refractivity contribution in [2.24, 2.45) is 0 Å². The molecule has 0 unspecified atom stereocenters. The zero-order valence-corrected chi connectivity index (χ0v) is 16.3. The maximum absolute atomic E-state index is 13.0. The fraction of sp³-hybridized carbons (Fsp3) is 0.0870. The standard InChI is InChI=1S/C23H16F3N3O2/c1-15-2-10-19(11-3-15)28-22(17-6-12-20(13-7-17)29(30)31)21(14-27-28)16-4-8-18(9-5-16)23(24,25)26/h2-14H,1H3. The molecule has 0 saturated carbocycles. The van der Waals surface area contributed by atoms with Crippen molar-refractivity contribution in [3.8, 4) is 28.1 Å². The average molecular weight is 423 g/mol. The van der Waals surface area contributed by atoms with E-state index in [-0.39, 0.29) is 5.69 Å². The summed E-state index contributed by atoms with van der Waals surface area (Å²) in [7, 11) is 0. The minimum absolute atomic E-state index is 0.0544. The van der Waals surface area contributed by atoms with E-state index in [1.54, 1.807) is 23.0 Å². The number of aromatic nitrogens is 2. The van der Waals surface area contributed by atoms with Crippen LogP contribution in [-0.4, -0.2) is 14.7 Å². The molecule has 0 aliphatic rings. The molecule has 0 aliphatic carbocycles. The molecule has 0 saturated heterocycles. The van der Waals surface area contributed by atoms with Gasteiger partial charge < -0.3 is 0 Å². The molecule has 0 radical (unpaired) electrons. The van der Waals surface area contributed by atoms with Gasteiger partial charge in [0.15, 0.2) is 0 Å². The summed E-state index contributed by atoms with van der Waals surface area (Å²) in [4.78, 5) is 10.5. The number of hydrogen-bond acceptors (Lipinski definition) is 3. The van der Waals surface area contributed by atoms with Gasteiger partial charge in [-0.25, -0.2) is 4.68 Å². The normalized spacial score (nSPS) is 11.5. The van der Waals surface area contributed by atoms with Crippen molar-refractivity contribution < 1.29 is 18.1 Å². The van der Waals surface area contributed by atoms with Crippen LogP contribution < -0.4 is 0 Å². The van der Waals surface area contributed by atoms with Crippen molar-refractivity contribution >= 4 is 5.69 Å². The Morgan fingerprint density at radius 1 is 0.871 bits per heavy atom. The van der Waals surface area contributed by atoms with Crippen molar-refractivity contribution in [2.45, 2.75) is 13.1 Å². The molecule has 0 N–H and O–H groups in total. The van der Waals surface area contributed by atoms with Crippen LogP contribution >= 0.6 is 0 Å². The van der Waals surface area contributed by atoms with Crippen molar-refractivity contribution in [1.82, 2.24) is 9.78 Å². The van der Waals surface area contributed by atoms with Gasteiger partial charge in [-0.05, 0) is 48.9 Å². The maximum Gasteiger partial charge on any atom is 0.416 e. The van der Waals surface area contributed by atoms with Crippen LogP contribution in [0.2, 0.25) is 0 Å². The van der Waals surface area contributed by atoms with Crippen LogP contribution in [0.3, 0.4) is 0 Å². The van der Waals surface area contributed by atoms with Gasteiger partial charge in [0.2, 0.25) is 0 Å². The molecule has 1 aromatic heterocycles. The van der Waals surface area contributed by atoms with Gasteiger partial charge in [0.1, 0.15) is 0 Å². The highest BCUT2D eigenvalue weighted by molar-refractivity contribution is 5.82. The van der Waals surface area contributed by atoms with E-state index in [1.807, 2.05) is 31.2 Å². The number of nitro benzene ring substituents is 1. The Morgan fingerprint density at radius 2 is 1.45 bits per heavy atom. The first-order valence-corrected chi connectivity index (χ1v) is 9.31. The van der Waals surface area contributed by atoms with Gasteiger partial charge in [0, 0.05) is 23.3 Å². The van der Waals surface area contributed by atoms with E-state index < -0.39 is 16.7 Å². The Kier molecular flexibility index (Phi) is 5.06. The highest BCUT2D eigenvalue weighted by Gasteiger charge is 2.30. The third kappa shape index (κ3) is 4.05. The maximum atomic E-state index is 13.0. The van der Waals surface area contributed by atoms with Gasteiger partial charge in [-0.1, -0.05) is 29.8 Å². The number of aryl methyl sites for hydroxylation is 1. The van der Waals surface area contributed by atoms with Gasteiger partial charge in [-0.15, -0.1) is 0 Å². The van der Waals surface area contributed by atoms with Gasteiger partial charge in [0.25, 0.3) is 5.69 Å². The van der Waals surface area contributed by atoms with Crippen LogP contribution in [0.25, 0.3) is 28.1 Å². The first-order valence-electron chi connectivity index (χ1n) is 9.31. The predicted molar refractivity (Wildman–Crippen MR) is 111 cm³/mol. The Hall–Kier alpha value is -3.94. The number of halogens is 3. The predicted octanol–water partition coefficient (Wildman–Crippen LogP) is 6.44. The van der Waals surface area contributed by atoms with Crippen LogP contribution in [0.4, 0.5) is 18.9 Å². The summed E-state index contributed by atoms with van der Waals surface area (Å²) in [5.74, 6) is 0. The number of non-ortho nitro benzene ring substituents is 1. The molecule has 4 rings (SSSR count). The van der Waals surface area contributed by atoms with Crippen molar-refractivity contribution in [2.75, 3.05) is 0 Å². The fourth-order valence-electron chi connectivity index (χ4n) is 3.30. The second-order valence-electron chi connectivity index (χ2n) is 7.03. The van der Waals surface area contributed by atoms with Gasteiger partial charge in [-0.3, -0.25) is 10.1 Å². The lowest BCUT2D eigenvalue weighted by atomic mass is 10.00. The van der Waals surface area contributed by atoms with Gasteiger partial charge >= 0.3 is 6.18 Å². The third-order valence-electron chi connectivity index (χ3n) is 4.92. The number of nitrogens with zero attached hydrogens (tertiary/aromatic N) is 3. The van der Waals surface area contributed by atoms with Crippen LogP contribution in [0.5, 0.6) is 0 Å². The molecule has 5 nitrogen and oxygen atoms in total. The zero-order valence-electron chi connectivity index (χ0n) is 16.3. The number of hydrogen-bond donors (Lipinski definition) is 0. The second kappa shape index (κ2) is 7.71. The Bertz CT molecular complexity index is 1230. The summed E-state index contributed by atoms with van der Waals surface area (Å²) >= 11 is 0. The van der Waals surface area contributed by atoms with Crippen molar-refractivity contribution in [1.29, 1.82) is 0 Å². The Morgan fingerprint density at radius 3 is 2.00 bits per heavy atom. The summed E-state index contributed by atoms with van der Waals surface area (Å²) in [5.41, 5.74) is 3.48. The minimum atomic E-state index is -4.42. The first kappa shape index (κ1) is 20.3. The lowest BCUT2D eigenvalue weighted by Crippen LogP contribution is -2.04. The van der Waals surface area contributed by atoms with Crippen LogP contribution in [0.15, 0.2) is 79.0 Å². The molecule has 31 heavy (non-hydrogen) atoms. The lowest BCUT2D eigenvalue weighted by molar-refractivity contribution is -0.384. The molecule has 8 heteroatoms. The van der Waals surface area contributed by atoms with Crippen LogP contribution in [0.1, 0.15) is 11.1 Å². The summed E-state index contributed by atoms with van der Waals surface area (Å²) in [5, 5.41) is 15.5. The molecular formula is C23H16F3N3O2. The number of nitro groups is 1. The van der Waals surface area contributed by atoms with Crippen molar-refractivity contribution in [3.05, 3.63) is 100 Å². The summed E-state index contributed by atoms with van der Waals surface area (Å²) in [6.07, 6.45) is -2.84. The molecule has 0 bridgehead atoms. The van der Waals surface area contributed by atoms with E-state index in [4.69, 9.17) is 0 Å². The summed E-state index contributed by atoms with van der Waals surface area (Å²) < 4.78 is 40.5. The fourth-order valence-corrected chi connectivity index (χ4v) is 3.30. The minimum Gasteiger partial charge on any atom is -0.258 e. The molecular weight excluding hydrogens is 407 g/mol. The van der Waals surface area contributed by atoms with Gasteiger partial charge in [0.05, 0.1) is 28.1 Å². The van der Waals surface area contributed by atoms with Crippen molar-refractivity contribution in [3.63, 3.8) is 0 Å². The van der Waals surface area contributed by atoms with E-state index >= 15 is 0 Å². The molecule has 0 spiro atoms. The largest absolute Gasteiger partial charge is 0.416 e. The Balaban J connectivity index is 1.87. The molecule has 0 fully saturated rings. The number of rotatable bonds is 4. The lowest BCUT2D eigenvalue weighted by Gasteiger charge is -2.12. The van der Waals surface area contributed by atoms with E-state index in [0.29, 0.717) is 22.4 Å². The summed E-state index contributed by atoms with van der Waals surface area (Å²) in [6, 6.07) is 18.4. The van der Waals surface area contributed by atoms with E-state index in [1.165, 1.54) is 24.3 Å². The molecule has 156 valence electrons. The van der Waals surface area contributed by atoms with Crippen LogP contribution in [0, 0.1) is 17.0 Å². The smallest absolute Gasteiger partial charge is 0.258 e. The Labute approximate surface area is 175 Å². The molecule has 0 aliphatic heterocycles. The third-order valence-corrected chi connectivity index (χ3v) is 4.92. The van der Waals surface area contributed by atoms with E-state index in [0.717, 1.165) is 23.4 Å². The highest BCUT2D eigenvalue weighted by atomic mass is 19.4. The van der Waals surface area contributed by atoms with Gasteiger partial charge in [-0.2, -0.15) is 18.3 Å². The average Bonchev–Trinajstić information content (AvgIpc) is 3.19. The zero-order chi connectivity index (χ0) is 22.2. The quantitative estimate of drug-likeness (QED) is 0.280. The molecule has 4 aromatic rings. The SMILES string of the molecule is Cc1ccc(-n2ncc(-c3ccc(C(F)(F)F)cc3)c2-c2ccc([N+](=O)[O-])cc2)cc1.